The maximum atomic E-state index is 13.0. The van der Waals surface area contributed by atoms with E-state index in [1.54, 1.807) is 0 Å². The molecule has 1 aromatic rings. The molecule has 22 heavy (non-hydrogen) atoms. The fourth-order valence-corrected chi connectivity index (χ4v) is 6.03. The van der Waals surface area contributed by atoms with Crippen LogP contribution in [-0.4, -0.2) is 49.9 Å². The number of esters is 1. The van der Waals surface area contributed by atoms with Crippen LogP contribution < -0.4 is 0 Å². The normalized spacial score (nSPS) is 19.9. The summed E-state index contributed by atoms with van der Waals surface area (Å²) >= 11 is 1.44. The van der Waals surface area contributed by atoms with Crippen molar-refractivity contribution in [2.45, 2.75) is 30.9 Å². The summed E-state index contributed by atoms with van der Waals surface area (Å²) in [6, 6.07) is 3.74. The molecule has 7 heteroatoms. The highest BCUT2D eigenvalue weighted by molar-refractivity contribution is 8.00. The summed E-state index contributed by atoms with van der Waals surface area (Å²) in [5.74, 6) is 0.213. The lowest BCUT2D eigenvalue weighted by Crippen LogP contribution is -2.45. The zero-order chi connectivity index (χ0) is 16.5. The first-order valence-electron chi connectivity index (χ1n) is 7.04. The van der Waals surface area contributed by atoms with Crippen molar-refractivity contribution in [2.24, 2.45) is 0 Å². The van der Waals surface area contributed by atoms with Crippen molar-refractivity contribution in [2.75, 3.05) is 26.0 Å². The van der Waals surface area contributed by atoms with E-state index < -0.39 is 15.3 Å². The zero-order valence-electron chi connectivity index (χ0n) is 13.3. The van der Waals surface area contributed by atoms with Gasteiger partial charge in [0.25, 0.3) is 0 Å². The molecule has 0 bridgehead atoms. The van der Waals surface area contributed by atoms with Crippen LogP contribution in [0.2, 0.25) is 0 Å². The molecule has 122 valence electrons. The maximum absolute atomic E-state index is 13.0. The Morgan fingerprint density at radius 1 is 1.27 bits per heavy atom. The summed E-state index contributed by atoms with van der Waals surface area (Å²) in [5.41, 5.74) is 2.52. The van der Waals surface area contributed by atoms with E-state index in [-0.39, 0.29) is 12.5 Å². The minimum atomic E-state index is -3.60. The number of hydrogen-bond donors (Lipinski definition) is 0. The molecule has 1 aliphatic heterocycles. The van der Waals surface area contributed by atoms with Crippen LogP contribution in [0, 0.1) is 20.8 Å². The molecule has 0 amide bonds. The van der Waals surface area contributed by atoms with Crippen molar-refractivity contribution in [3.63, 3.8) is 0 Å². The molecule has 2 rings (SSSR count). The van der Waals surface area contributed by atoms with Crippen molar-refractivity contribution >= 4 is 27.8 Å². The van der Waals surface area contributed by atoms with E-state index >= 15 is 0 Å². The molecular formula is C15H21NO4S2. The molecule has 1 saturated heterocycles. The average Bonchev–Trinajstić information content (AvgIpc) is 2.45. The van der Waals surface area contributed by atoms with E-state index in [2.05, 4.69) is 0 Å². The van der Waals surface area contributed by atoms with Crippen LogP contribution in [0.1, 0.15) is 16.7 Å². The topological polar surface area (TPSA) is 63.7 Å². The first kappa shape index (κ1) is 17.3. The quantitative estimate of drug-likeness (QED) is 0.784. The molecule has 1 aliphatic rings. The molecule has 0 aliphatic carbocycles. The van der Waals surface area contributed by atoms with Crippen molar-refractivity contribution in [3.05, 3.63) is 28.8 Å². The van der Waals surface area contributed by atoms with E-state index in [0.717, 1.165) is 16.7 Å². The minimum Gasteiger partial charge on any atom is -0.468 e. The summed E-state index contributed by atoms with van der Waals surface area (Å²) in [6.07, 6.45) is 0. The van der Waals surface area contributed by atoms with Gasteiger partial charge in [-0.25, -0.2) is 8.42 Å². The number of methoxy groups -OCH3 is 1. The third kappa shape index (κ3) is 3.31. The van der Waals surface area contributed by atoms with Crippen molar-refractivity contribution in [3.8, 4) is 0 Å². The first-order chi connectivity index (χ1) is 10.3. The van der Waals surface area contributed by atoms with Gasteiger partial charge in [0.2, 0.25) is 10.0 Å². The van der Waals surface area contributed by atoms with E-state index in [1.165, 1.54) is 23.2 Å². The second-order valence-electron chi connectivity index (χ2n) is 5.47. The lowest BCUT2D eigenvalue weighted by atomic mass is 10.1. The largest absolute Gasteiger partial charge is 0.468 e. The molecule has 0 unspecified atom stereocenters. The van der Waals surface area contributed by atoms with Crippen LogP contribution in [0.25, 0.3) is 0 Å². The zero-order valence-corrected chi connectivity index (χ0v) is 14.9. The molecule has 1 aromatic carbocycles. The van der Waals surface area contributed by atoms with Crippen LogP contribution in [0.4, 0.5) is 0 Å². The monoisotopic (exact) mass is 343 g/mol. The van der Waals surface area contributed by atoms with Gasteiger partial charge in [-0.15, -0.1) is 11.8 Å². The Kier molecular flexibility index (Phi) is 5.19. The molecule has 0 radical (unpaired) electrons. The summed E-state index contributed by atoms with van der Waals surface area (Å²) in [7, 11) is -2.28. The Morgan fingerprint density at radius 3 is 2.41 bits per heavy atom. The Balaban J connectivity index is 2.37. The van der Waals surface area contributed by atoms with Crippen LogP contribution >= 0.6 is 11.8 Å². The molecule has 1 atom stereocenters. The molecule has 5 nitrogen and oxygen atoms in total. The Hall–Kier alpha value is -1.05. The molecule has 0 N–H and O–H groups in total. The average molecular weight is 343 g/mol. The smallest absolute Gasteiger partial charge is 0.320 e. The third-order valence-corrected chi connectivity index (χ3v) is 7.03. The second-order valence-corrected chi connectivity index (χ2v) is 8.66. The Morgan fingerprint density at radius 2 is 1.86 bits per heavy atom. The van der Waals surface area contributed by atoms with E-state index in [9.17, 15) is 13.2 Å². The highest BCUT2D eigenvalue weighted by Crippen LogP contribution is 2.29. The third-order valence-electron chi connectivity index (χ3n) is 3.70. The first-order valence-corrected chi connectivity index (χ1v) is 9.53. The number of thioether (sulfide) groups is 1. The van der Waals surface area contributed by atoms with Gasteiger partial charge in [0, 0.05) is 18.8 Å². The van der Waals surface area contributed by atoms with Gasteiger partial charge in [0.05, 0.1) is 12.0 Å². The molecule has 0 saturated carbocycles. The van der Waals surface area contributed by atoms with Gasteiger partial charge in [-0.3, -0.25) is 4.79 Å². The van der Waals surface area contributed by atoms with Gasteiger partial charge >= 0.3 is 5.97 Å². The molecule has 1 fully saturated rings. The minimum absolute atomic E-state index is 0.159. The summed E-state index contributed by atoms with van der Waals surface area (Å²) in [5, 5.41) is -0.459. The molecule has 0 aromatic heterocycles. The molecule has 1 heterocycles. The summed E-state index contributed by atoms with van der Waals surface area (Å²) in [6.45, 7) is 6.13. The van der Waals surface area contributed by atoms with Crippen LogP contribution in [0.5, 0.6) is 0 Å². The number of nitrogens with zero attached hydrogens (tertiary/aromatic N) is 1. The van der Waals surface area contributed by atoms with Gasteiger partial charge in [-0.1, -0.05) is 17.7 Å². The van der Waals surface area contributed by atoms with E-state index in [1.807, 2.05) is 32.9 Å². The fourth-order valence-electron chi connectivity index (χ4n) is 2.82. The highest BCUT2D eigenvalue weighted by atomic mass is 32.2. The van der Waals surface area contributed by atoms with Crippen molar-refractivity contribution < 1.29 is 17.9 Å². The van der Waals surface area contributed by atoms with Gasteiger partial charge in [-0.2, -0.15) is 4.31 Å². The SMILES string of the molecule is COC(=O)[C@@H]1CN(S(=O)(=O)c2c(C)cc(C)cc2C)CCS1. The van der Waals surface area contributed by atoms with Crippen molar-refractivity contribution in [1.29, 1.82) is 0 Å². The molecular weight excluding hydrogens is 322 g/mol. The predicted molar refractivity (Wildman–Crippen MR) is 87.7 cm³/mol. The Bertz CT molecular complexity index is 662. The number of ether oxygens (including phenoxy) is 1. The number of sulfonamides is 1. The lowest BCUT2D eigenvalue weighted by molar-refractivity contribution is -0.140. The number of aryl methyl sites for hydroxylation is 3. The number of benzene rings is 1. The highest BCUT2D eigenvalue weighted by Gasteiger charge is 2.35. The number of hydrogen-bond acceptors (Lipinski definition) is 5. The van der Waals surface area contributed by atoms with Crippen LogP contribution in [0.15, 0.2) is 17.0 Å². The molecule has 0 spiro atoms. The van der Waals surface area contributed by atoms with Gasteiger partial charge in [0.1, 0.15) is 5.25 Å². The second kappa shape index (κ2) is 6.60. The summed E-state index contributed by atoms with van der Waals surface area (Å²) < 4.78 is 32.1. The van der Waals surface area contributed by atoms with E-state index in [0.29, 0.717) is 17.2 Å². The number of carbonyl (C=O) groups excluding carboxylic acids is 1. The van der Waals surface area contributed by atoms with Gasteiger partial charge in [0.15, 0.2) is 0 Å². The predicted octanol–water partition coefficient (Wildman–Crippen LogP) is 1.89. The Labute approximate surface area is 136 Å². The standard InChI is InChI=1S/C15H21NO4S2/c1-10-7-11(2)14(12(3)8-10)22(18,19)16-5-6-21-13(9-16)15(17)20-4/h7-8,13H,5-6,9H2,1-4H3/t13-/m0/s1. The van der Waals surface area contributed by atoms with Crippen LogP contribution in [0.3, 0.4) is 0 Å². The van der Waals surface area contributed by atoms with Gasteiger partial charge < -0.3 is 4.74 Å². The van der Waals surface area contributed by atoms with Gasteiger partial charge in [-0.05, 0) is 31.9 Å². The number of carbonyl (C=O) groups is 1. The van der Waals surface area contributed by atoms with E-state index in [4.69, 9.17) is 4.74 Å². The summed E-state index contributed by atoms with van der Waals surface area (Å²) in [4.78, 5) is 12.0. The maximum Gasteiger partial charge on any atom is 0.320 e. The van der Waals surface area contributed by atoms with Crippen molar-refractivity contribution in [1.82, 2.24) is 4.31 Å². The van der Waals surface area contributed by atoms with Crippen LogP contribution in [-0.2, 0) is 19.6 Å². The fraction of sp³-hybridized carbons (Fsp3) is 0.533. The lowest BCUT2D eigenvalue weighted by Gasteiger charge is -2.31. The number of rotatable bonds is 3.